The Labute approximate surface area is 178 Å². The topological polar surface area (TPSA) is 67.2 Å². The maximum Gasteiger partial charge on any atom is 0.162 e. The molecular formula is C24H19N3O2S. The van der Waals surface area contributed by atoms with Gasteiger partial charge in [-0.1, -0.05) is 36.4 Å². The first-order chi connectivity index (χ1) is 14.7. The van der Waals surface area contributed by atoms with Crippen molar-refractivity contribution in [2.24, 2.45) is 0 Å². The quantitative estimate of drug-likeness (QED) is 0.395. The van der Waals surface area contributed by atoms with Crippen molar-refractivity contribution in [3.8, 4) is 28.8 Å². The van der Waals surface area contributed by atoms with Crippen LogP contribution in [0, 0.1) is 11.3 Å². The van der Waals surface area contributed by atoms with Gasteiger partial charge in [0.15, 0.2) is 11.5 Å². The number of aromatic nitrogens is 1. The van der Waals surface area contributed by atoms with Gasteiger partial charge in [0.2, 0.25) is 0 Å². The summed E-state index contributed by atoms with van der Waals surface area (Å²) in [6, 6.07) is 22.2. The van der Waals surface area contributed by atoms with Gasteiger partial charge in [-0.25, -0.2) is 4.98 Å². The summed E-state index contributed by atoms with van der Waals surface area (Å²) in [6.45, 7) is 0. The minimum atomic E-state index is 0.460. The lowest BCUT2D eigenvalue weighted by atomic mass is 10.1. The lowest BCUT2D eigenvalue weighted by molar-refractivity contribution is 0.355. The van der Waals surface area contributed by atoms with Gasteiger partial charge >= 0.3 is 0 Å². The van der Waals surface area contributed by atoms with Crippen LogP contribution in [-0.4, -0.2) is 19.2 Å². The standard InChI is InChI=1S/C24H19N3O2S/c1-28-22-10-9-20(12-23(22)29-2)26-14-19(13-25)24-27-21(15-30-24)18-8-7-16-5-3-4-6-17(16)11-18/h3-12,14-15,26H,1-2H3. The maximum absolute atomic E-state index is 9.63. The third-order valence-corrected chi connectivity index (χ3v) is 5.54. The van der Waals surface area contributed by atoms with Crippen molar-refractivity contribution in [1.82, 2.24) is 4.98 Å². The predicted octanol–water partition coefficient (Wildman–Crippen LogP) is 5.96. The molecule has 148 valence electrons. The van der Waals surface area contributed by atoms with Gasteiger partial charge in [0.25, 0.3) is 0 Å². The molecule has 0 aliphatic carbocycles. The van der Waals surface area contributed by atoms with Crippen LogP contribution in [0.5, 0.6) is 11.5 Å². The number of thiazole rings is 1. The Morgan fingerprint density at radius 3 is 2.57 bits per heavy atom. The molecule has 0 radical (unpaired) electrons. The van der Waals surface area contributed by atoms with E-state index in [1.807, 2.05) is 35.7 Å². The number of nitrogens with one attached hydrogen (secondary N) is 1. The van der Waals surface area contributed by atoms with Gasteiger partial charge < -0.3 is 14.8 Å². The number of ether oxygens (including phenoxy) is 2. The predicted molar refractivity (Wildman–Crippen MR) is 122 cm³/mol. The number of methoxy groups -OCH3 is 2. The van der Waals surface area contributed by atoms with Crippen LogP contribution < -0.4 is 14.8 Å². The van der Waals surface area contributed by atoms with Crippen LogP contribution in [0.15, 0.2) is 72.2 Å². The summed E-state index contributed by atoms with van der Waals surface area (Å²) in [4.78, 5) is 4.67. The number of fused-ring (bicyclic) bond motifs is 1. The molecule has 5 nitrogen and oxygen atoms in total. The third kappa shape index (κ3) is 3.97. The number of anilines is 1. The Hall–Kier alpha value is -3.82. The average Bonchev–Trinajstić information content (AvgIpc) is 3.29. The molecule has 3 aromatic carbocycles. The van der Waals surface area contributed by atoms with E-state index in [-0.39, 0.29) is 0 Å². The second-order valence-corrected chi connectivity index (χ2v) is 7.34. The third-order valence-electron chi connectivity index (χ3n) is 4.67. The monoisotopic (exact) mass is 413 g/mol. The second kappa shape index (κ2) is 8.68. The average molecular weight is 414 g/mol. The zero-order valence-corrected chi connectivity index (χ0v) is 17.4. The van der Waals surface area contributed by atoms with Gasteiger partial charge in [0, 0.05) is 28.9 Å². The van der Waals surface area contributed by atoms with E-state index in [9.17, 15) is 5.26 Å². The number of hydrogen-bond acceptors (Lipinski definition) is 6. The molecular weight excluding hydrogens is 394 g/mol. The van der Waals surface area contributed by atoms with Crippen LogP contribution in [0.3, 0.4) is 0 Å². The van der Waals surface area contributed by atoms with E-state index in [0.717, 1.165) is 22.3 Å². The van der Waals surface area contributed by atoms with Gasteiger partial charge in [0.05, 0.1) is 19.9 Å². The lowest BCUT2D eigenvalue weighted by Crippen LogP contribution is -1.94. The summed E-state index contributed by atoms with van der Waals surface area (Å²) in [6.07, 6.45) is 1.66. The van der Waals surface area contributed by atoms with Crippen LogP contribution >= 0.6 is 11.3 Å². The first-order valence-electron chi connectivity index (χ1n) is 9.25. The molecule has 0 bridgehead atoms. The van der Waals surface area contributed by atoms with Gasteiger partial charge in [-0.3, -0.25) is 0 Å². The van der Waals surface area contributed by atoms with Crippen LogP contribution in [0.4, 0.5) is 5.69 Å². The van der Waals surface area contributed by atoms with E-state index in [1.54, 1.807) is 20.4 Å². The first kappa shape index (κ1) is 19.5. The van der Waals surface area contributed by atoms with E-state index in [0.29, 0.717) is 22.1 Å². The fourth-order valence-electron chi connectivity index (χ4n) is 3.10. The number of rotatable bonds is 6. The van der Waals surface area contributed by atoms with Crippen molar-refractivity contribution in [2.45, 2.75) is 0 Å². The highest BCUT2D eigenvalue weighted by Crippen LogP contribution is 2.31. The highest BCUT2D eigenvalue weighted by molar-refractivity contribution is 7.11. The zero-order valence-electron chi connectivity index (χ0n) is 16.5. The molecule has 1 heterocycles. The minimum absolute atomic E-state index is 0.460. The molecule has 0 amide bonds. The molecule has 0 saturated carbocycles. The molecule has 1 N–H and O–H groups in total. The van der Waals surface area contributed by atoms with E-state index in [4.69, 9.17) is 9.47 Å². The van der Waals surface area contributed by atoms with Crippen molar-refractivity contribution < 1.29 is 9.47 Å². The molecule has 30 heavy (non-hydrogen) atoms. The summed E-state index contributed by atoms with van der Waals surface area (Å²) in [5.41, 5.74) is 3.13. The van der Waals surface area contributed by atoms with Gasteiger partial charge in [-0.2, -0.15) is 5.26 Å². The number of allylic oxidation sites excluding steroid dienone is 1. The minimum Gasteiger partial charge on any atom is -0.493 e. The molecule has 4 rings (SSSR count). The lowest BCUT2D eigenvalue weighted by Gasteiger charge is -2.09. The van der Waals surface area contributed by atoms with E-state index < -0.39 is 0 Å². The van der Waals surface area contributed by atoms with Crippen LogP contribution in [0.1, 0.15) is 5.01 Å². The Morgan fingerprint density at radius 2 is 1.80 bits per heavy atom. The Balaban J connectivity index is 1.58. The zero-order chi connectivity index (χ0) is 20.9. The second-order valence-electron chi connectivity index (χ2n) is 6.48. The molecule has 0 aliphatic rings. The number of nitrogens with zero attached hydrogens (tertiary/aromatic N) is 2. The van der Waals surface area contributed by atoms with E-state index in [2.05, 4.69) is 46.7 Å². The normalized spacial score (nSPS) is 11.2. The largest absolute Gasteiger partial charge is 0.493 e. The number of nitriles is 1. The van der Waals surface area contributed by atoms with Crippen LogP contribution in [-0.2, 0) is 0 Å². The molecule has 1 aromatic heterocycles. The number of hydrogen-bond donors (Lipinski definition) is 1. The molecule has 0 saturated heterocycles. The van der Waals surface area contributed by atoms with Gasteiger partial charge in [-0.15, -0.1) is 11.3 Å². The fraction of sp³-hybridized carbons (Fsp3) is 0.0833. The highest BCUT2D eigenvalue weighted by atomic mass is 32.1. The van der Waals surface area contributed by atoms with Crippen molar-refractivity contribution in [2.75, 3.05) is 19.5 Å². The first-order valence-corrected chi connectivity index (χ1v) is 10.1. The number of benzene rings is 3. The van der Waals surface area contributed by atoms with Gasteiger partial charge in [0.1, 0.15) is 16.6 Å². The summed E-state index contributed by atoms with van der Waals surface area (Å²) < 4.78 is 10.6. The Morgan fingerprint density at radius 1 is 1.00 bits per heavy atom. The van der Waals surface area contributed by atoms with Crippen molar-refractivity contribution in [3.05, 3.63) is 77.3 Å². The SMILES string of the molecule is COc1ccc(NC=C(C#N)c2nc(-c3ccc4ccccc4c3)cs2)cc1OC. The van der Waals surface area contributed by atoms with Crippen molar-refractivity contribution >= 4 is 33.4 Å². The summed E-state index contributed by atoms with van der Waals surface area (Å²) in [7, 11) is 3.18. The Kier molecular flexibility index (Phi) is 5.64. The molecule has 0 atom stereocenters. The summed E-state index contributed by atoms with van der Waals surface area (Å²) in [5.74, 6) is 1.26. The molecule has 0 aliphatic heterocycles. The van der Waals surface area contributed by atoms with E-state index in [1.165, 1.54) is 16.7 Å². The molecule has 0 unspecified atom stereocenters. The van der Waals surface area contributed by atoms with Crippen LogP contribution in [0.25, 0.3) is 27.6 Å². The van der Waals surface area contributed by atoms with Crippen LogP contribution in [0.2, 0.25) is 0 Å². The maximum atomic E-state index is 9.63. The van der Waals surface area contributed by atoms with Crippen molar-refractivity contribution in [3.63, 3.8) is 0 Å². The molecule has 4 aromatic rings. The smallest absolute Gasteiger partial charge is 0.162 e. The highest BCUT2D eigenvalue weighted by Gasteiger charge is 2.10. The van der Waals surface area contributed by atoms with E-state index >= 15 is 0 Å². The Bertz CT molecular complexity index is 1270. The summed E-state index contributed by atoms with van der Waals surface area (Å²) in [5, 5.41) is 17.8. The van der Waals surface area contributed by atoms with Gasteiger partial charge in [-0.05, 0) is 29.0 Å². The molecule has 6 heteroatoms. The fourth-order valence-corrected chi connectivity index (χ4v) is 3.90. The van der Waals surface area contributed by atoms with Crippen molar-refractivity contribution in [1.29, 1.82) is 5.26 Å². The molecule has 0 spiro atoms. The summed E-state index contributed by atoms with van der Waals surface area (Å²) >= 11 is 1.44. The molecule has 0 fully saturated rings.